The summed E-state index contributed by atoms with van der Waals surface area (Å²) in [5, 5.41) is 32.1. The average Bonchev–Trinajstić information content (AvgIpc) is 3.36. The predicted octanol–water partition coefficient (Wildman–Crippen LogP) is 6.82. The Morgan fingerprint density at radius 3 is 2.48 bits per heavy atom. The number of fused-ring (bicyclic) bond motifs is 1. The van der Waals surface area contributed by atoms with Crippen LogP contribution < -0.4 is 0 Å². The lowest BCUT2D eigenvalue weighted by Gasteiger charge is -2.68. The molecule has 7 aliphatic rings. The van der Waals surface area contributed by atoms with E-state index in [1.54, 1.807) is 6.92 Å². The smallest absolute Gasteiger partial charge is 0.181 e. The number of ether oxygens (including phenoxy) is 2. The molecule has 5 saturated carbocycles. The third-order valence-electron chi connectivity index (χ3n) is 14.6. The van der Waals surface area contributed by atoms with Crippen molar-refractivity contribution < 1.29 is 24.8 Å². The minimum Gasteiger partial charge on any atom is -0.392 e. The highest BCUT2D eigenvalue weighted by atomic mass is 16.7. The molecule has 0 amide bonds. The van der Waals surface area contributed by atoms with Crippen LogP contribution in [0.4, 0.5) is 0 Å². The van der Waals surface area contributed by atoms with E-state index in [4.69, 9.17) is 9.47 Å². The molecule has 2 bridgehead atoms. The predicted molar refractivity (Wildman–Crippen MR) is 166 cm³/mol. The van der Waals surface area contributed by atoms with Gasteiger partial charge in [0.25, 0.3) is 0 Å². The van der Waals surface area contributed by atoms with Crippen molar-refractivity contribution in [3.05, 3.63) is 36.5 Å². The molecule has 3 spiro atoms. The maximum absolute atomic E-state index is 12.0. The van der Waals surface area contributed by atoms with E-state index in [2.05, 4.69) is 65.5 Å². The molecule has 3 N–H and O–H groups in total. The molecule has 5 fully saturated rings. The van der Waals surface area contributed by atoms with Gasteiger partial charge in [0, 0.05) is 16.2 Å². The Morgan fingerprint density at radius 2 is 1.81 bits per heavy atom. The Kier molecular flexibility index (Phi) is 7.59. The van der Waals surface area contributed by atoms with Crippen LogP contribution in [-0.4, -0.2) is 52.6 Å². The van der Waals surface area contributed by atoms with E-state index in [9.17, 15) is 15.3 Å². The molecule has 0 aliphatic heterocycles. The number of hydrogen-bond donors (Lipinski definition) is 3. The lowest BCUT2D eigenvalue weighted by molar-refractivity contribution is -0.280. The fourth-order valence-electron chi connectivity index (χ4n) is 12.2. The third kappa shape index (κ3) is 3.92. The van der Waals surface area contributed by atoms with Crippen LogP contribution in [0, 0.1) is 56.7 Å². The summed E-state index contributed by atoms with van der Waals surface area (Å²) < 4.78 is 12.4. The first-order valence-corrected chi connectivity index (χ1v) is 17.0. The van der Waals surface area contributed by atoms with Crippen molar-refractivity contribution in [2.75, 3.05) is 6.61 Å². The van der Waals surface area contributed by atoms with Gasteiger partial charge in [-0.1, -0.05) is 64.2 Å². The fraction of sp³-hybridized carbons (Fsp3) is 0.838. The highest BCUT2D eigenvalue weighted by Crippen LogP contribution is 2.92. The lowest BCUT2D eigenvalue weighted by atomic mass is 9.36. The van der Waals surface area contributed by atoms with Crippen molar-refractivity contribution in [1.29, 1.82) is 0 Å². The molecule has 5 heteroatoms. The molecule has 0 aromatic heterocycles. The van der Waals surface area contributed by atoms with Gasteiger partial charge in [-0.2, -0.15) is 0 Å². The summed E-state index contributed by atoms with van der Waals surface area (Å²) in [5.41, 5.74) is 1.37. The van der Waals surface area contributed by atoms with Gasteiger partial charge in [0.1, 0.15) is 0 Å². The zero-order valence-electron chi connectivity index (χ0n) is 27.3. The normalized spacial score (nSPS) is 49.0. The second-order valence-corrected chi connectivity index (χ2v) is 16.5. The molecule has 0 aromatic rings. The fourth-order valence-corrected chi connectivity index (χ4v) is 12.2. The van der Waals surface area contributed by atoms with Crippen LogP contribution in [0.25, 0.3) is 0 Å². The highest BCUT2D eigenvalue weighted by molar-refractivity contribution is 5.45. The first-order chi connectivity index (χ1) is 19.7. The molecule has 5 nitrogen and oxygen atoms in total. The summed E-state index contributed by atoms with van der Waals surface area (Å²) in [7, 11) is 0. The van der Waals surface area contributed by atoms with Crippen molar-refractivity contribution in [2.45, 2.75) is 131 Å². The molecule has 14 atom stereocenters. The minimum atomic E-state index is -0.751. The molecule has 42 heavy (non-hydrogen) atoms. The van der Waals surface area contributed by atoms with E-state index in [1.807, 2.05) is 6.92 Å². The van der Waals surface area contributed by atoms with Gasteiger partial charge in [0.15, 0.2) is 6.29 Å². The van der Waals surface area contributed by atoms with Gasteiger partial charge in [0.2, 0.25) is 0 Å². The zero-order valence-corrected chi connectivity index (χ0v) is 27.3. The van der Waals surface area contributed by atoms with Crippen LogP contribution >= 0.6 is 0 Å². The van der Waals surface area contributed by atoms with Gasteiger partial charge >= 0.3 is 0 Å². The van der Waals surface area contributed by atoms with Crippen LogP contribution in [0.15, 0.2) is 36.5 Å². The van der Waals surface area contributed by atoms with Gasteiger partial charge in [-0.3, -0.25) is 0 Å². The summed E-state index contributed by atoms with van der Waals surface area (Å²) >= 11 is 0. The molecular formula is C37H58O5. The van der Waals surface area contributed by atoms with Gasteiger partial charge in [0.05, 0.1) is 31.0 Å². The standard InChI is InChI=1S/C37H58O5/c1-22(2)10-9-11-23(3)26-12-13-27-28-16-17-35-21-37(32(40)36(28,37)19-18-34(26,27)8)29(35)14-15-30(33(35,6)7)42-31(20-38)41-25(5)24(4)39/h9-10,16-17,23-32,38-40H,1,11-15,18-21H2,2-8H3/b10-9+. The van der Waals surface area contributed by atoms with Crippen molar-refractivity contribution in [3.63, 3.8) is 0 Å². The summed E-state index contributed by atoms with van der Waals surface area (Å²) in [6.07, 6.45) is 16.8. The van der Waals surface area contributed by atoms with Crippen LogP contribution in [0.5, 0.6) is 0 Å². The highest BCUT2D eigenvalue weighted by Gasteiger charge is 2.92. The molecule has 236 valence electrons. The second-order valence-electron chi connectivity index (χ2n) is 16.5. The van der Waals surface area contributed by atoms with E-state index in [0.29, 0.717) is 29.1 Å². The second kappa shape index (κ2) is 10.3. The Morgan fingerprint density at radius 1 is 1.07 bits per heavy atom. The Hall–Kier alpha value is -0.980. The summed E-state index contributed by atoms with van der Waals surface area (Å²) in [4.78, 5) is 0. The van der Waals surface area contributed by atoms with Crippen molar-refractivity contribution in [2.24, 2.45) is 56.7 Å². The van der Waals surface area contributed by atoms with Gasteiger partial charge in [-0.05, 0) is 113 Å². The first-order valence-electron chi connectivity index (χ1n) is 17.0. The van der Waals surface area contributed by atoms with E-state index in [1.165, 1.54) is 19.3 Å². The van der Waals surface area contributed by atoms with Crippen LogP contribution in [0.2, 0.25) is 0 Å². The lowest BCUT2D eigenvalue weighted by Crippen LogP contribution is -2.65. The van der Waals surface area contributed by atoms with E-state index in [-0.39, 0.29) is 40.5 Å². The summed E-state index contributed by atoms with van der Waals surface area (Å²) in [6, 6.07) is 0. The van der Waals surface area contributed by atoms with Gasteiger partial charge < -0.3 is 24.8 Å². The number of aliphatic hydroxyl groups is 3. The van der Waals surface area contributed by atoms with Crippen molar-refractivity contribution >= 4 is 0 Å². The van der Waals surface area contributed by atoms with E-state index in [0.717, 1.165) is 43.6 Å². The minimum absolute atomic E-state index is 0.0112. The van der Waals surface area contributed by atoms with Gasteiger partial charge in [-0.25, -0.2) is 0 Å². The zero-order chi connectivity index (χ0) is 30.5. The summed E-state index contributed by atoms with van der Waals surface area (Å²) in [6.45, 7) is 19.1. The van der Waals surface area contributed by atoms with E-state index < -0.39 is 18.5 Å². The van der Waals surface area contributed by atoms with Crippen molar-refractivity contribution in [1.82, 2.24) is 0 Å². The Balaban J connectivity index is 1.26. The molecule has 7 rings (SSSR count). The van der Waals surface area contributed by atoms with Crippen LogP contribution in [0.3, 0.4) is 0 Å². The first kappa shape index (κ1) is 31.0. The number of rotatable bonds is 10. The van der Waals surface area contributed by atoms with E-state index >= 15 is 0 Å². The van der Waals surface area contributed by atoms with Crippen LogP contribution in [0.1, 0.15) is 99.8 Å². The SMILES string of the molecule is C=C(C)/C=C/CC(C)C1CCC2C3C=CC45CC6(C4CCC(OC(CO)OC(C)C(C)O)C5(C)C)C(O)C36CCC12C. The Bertz CT molecular complexity index is 1130. The van der Waals surface area contributed by atoms with Crippen LogP contribution in [-0.2, 0) is 9.47 Å². The molecule has 0 saturated heterocycles. The topological polar surface area (TPSA) is 79.2 Å². The maximum Gasteiger partial charge on any atom is 0.181 e. The average molecular weight is 583 g/mol. The summed E-state index contributed by atoms with van der Waals surface area (Å²) in [5.74, 6) is 2.95. The molecule has 14 unspecified atom stereocenters. The molecule has 0 aromatic carbocycles. The largest absolute Gasteiger partial charge is 0.392 e. The Labute approximate surface area is 254 Å². The van der Waals surface area contributed by atoms with Crippen molar-refractivity contribution in [3.8, 4) is 0 Å². The van der Waals surface area contributed by atoms with Gasteiger partial charge in [-0.15, -0.1) is 0 Å². The molecule has 0 radical (unpaired) electrons. The molecule has 0 heterocycles. The quantitative estimate of drug-likeness (QED) is 0.150. The number of hydrogen-bond acceptors (Lipinski definition) is 5. The number of aliphatic hydroxyl groups excluding tert-OH is 3. The third-order valence-corrected chi connectivity index (χ3v) is 14.6. The number of allylic oxidation sites excluding steroid dienone is 5. The molecule has 7 aliphatic carbocycles. The maximum atomic E-state index is 12.0. The monoisotopic (exact) mass is 582 g/mol. The molecular weight excluding hydrogens is 524 g/mol.